The minimum absolute atomic E-state index is 0.00569. The first-order chi connectivity index (χ1) is 16.0. The number of anilines is 1. The van der Waals surface area contributed by atoms with Gasteiger partial charge in [0.1, 0.15) is 5.75 Å². The van der Waals surface area contributed by atoms with Crippen molar-refractivity contribution in [3.8, 4) is 5.75 Å². The predicted octanol–water partition coefficient (Wildman–Crippen LogP) is 4.36. The maximum Gasteiger partial charge on any atom is 0.337 e. The molecule has 1 aliphatic rings. The third kappa shape index (κ3) is 5.08. The summed E-state index contributed by atoms with van der Waals surface area (Å²) in [5.74, 6) is 0.577. The average Bonchev–Trinajstić information content (AvgIpc) is 3.33. The Morgan fingerprint density at radius 2 is 1.85 bits per heavy atom. The Kier molecular flexibility index (Phi) is 6.77. The van der Waals surface area contributed by atoms with Crippen LogP contribution < -0.4 is 15.5 Å². The number of nitrogens with one attached hydrogen (secondary N) is 1. The van der Waals surface area contributed by atoms with Crippen molar-refractivity contribution in [3.63, 3.8) is 0 Å². The summed E-state index contributed by atoms with van der Waals surface area (Å²) < 4.78 is 12.2. The van der Waals surface area contributed by atoms with Crippen LogP contribution in [0.25, 0.3) is 10.9 Å². The molecule has 2 aromatic carbocycles. The maximum absolute atomic E-state index is 12.5. The molecule has 7 heteroatoms. The standard InChI is InChI=1S/C26H28N2O5/c1-32-24-14-18(26(31)33-2)7-8-19(24)16-28-12-11-23(29)21-10-9-20(15-22(21)28)27-25(30)13-17-5-3-4-6-17/h7-12,14-15,17H,3-6,13,16H2,1-2H3,(H,27,30). The fourth-order valence-corrected chi connectivity index (χ4v) is 4.51. The molecule has 1 aliphatic carbocycles. The van der Waals surface area contributed by atoms with Gasteiger partial charge in [0, 0.05) is 35.3 Å². The Hall–Kier alpha value is -3.61. The minimum atomic E-state index is -0.438. The van der Waals surface area contributed by atoms with Crippen LogP contribution in [0.15, 0.2) is 53.5 Å². The van der Waals surface area contributed by atoms with E-state index in [9.17, 15) is 14.4 Å². The number of aromatic nitrogens is 1. The SMILES string of the molecule is COC(=O)c1ccc(Cn2ccc(=O)c3ccc(NC(=O)CC4CCCC4)cc32)c(OC)c1. The molecule has 1 amide bonds. The van der Waals surface area contributed by atoms with Crippen LogP contribution in [0, 0.1) is 5.92 Å². The highest BCUT2D eigenvalue weighted by Gasteiger charge is 2.19. The summed E-state index contributed by atoms with van der Waals surface area (Å²) >= 11 is 0. The number of carbonyl (C=O) groups is 2. The van der Waals surface area contributed by atoms with Crippen LogP contribution in [0.4, 0.5) is 5.69 Å². The molecular weight excluding hydrogens is 420 g/mol. The van der Waals surface area contributed by atoms with E-state index in [2.05, 4.69) is 5.32 Å². The van der Waals surface area contributed by atoms with Crippen LogP contribution in [0.5, 0.6) is 5.75 Å². The van der Waals surface area contributed by atoms with E-state index in [0.29, 0.717) is 46.8 Å². The van der Waals surface area contributed by atoms with E-state index in [1.54, 1.807) is 37.6 Å². The van der Waals surface area contributed by atoms with Gasteiger partial charge < -0.3 is 19.4 Å². The Balaban J connectivity index is 1.63. The van der Waals surface area contributed by atoms with Crippen LogP contribution in [0.1, 0.15) is 48.0 Å². The number of pyridine rings is 1. The summed E-state index contributed by atoms with van der Waals surface area (Å²) in [6.45, 7) is 0.418. The number of carbonyl (C=O) groups excluding carboxylic acids is 2. The van der Waals surface area contributed by atoms with Gasteiger partial charge in [-0.15, -0.1) is 0 Å². The number of methoxy groups -OCH3 is 2. The van der Waals surface area contributed by atoms with E-state index < -0.39 is 5.97 Å². The van der Waals surface area contributed by atoms with E-state index in [4.69, 9.17) is 9.47 Å². The van der Waals surface area contributed by atoms with Crippen molar-refractivity contribution >= 4 is 28.5 Å². The van der Waals surface area contributed by atoms with Gasteiger partial charge in [-0.05, 0) is 49.1 Å². The van der Waals surface area contributed by atoms with Gasteiger partial charge in [0.2, 0.25) is 5.91 Å². The minimum Gasteiger partial charge on any atom is -0.496 e. The summed E-state index contributed by atoms with van der Waals surface area (Å²) in [7, 11) is 2.88. The zero-order valence-corrected chi connectivity index (χ0v) is 18.9. The van der Waals surface area contributed by atoms with Crippen molar-refractivity contribution in [1.82, 2.24) is 4.57 Å². The molecule has 4 rings (SSSR count). The average molecular weight is 449 g/mol. The molecule has 0 aliphatic heterocycles. The molecule has 1 heterocycles. The topological polar surface area (TPSA) is 86.6 Å². The number of hydrogen-bond acceptors (Lipinski definition) is 5. The number of esters is 1. The number of hydrogen-bond donors (Lipinski definition) is 1. The van der Waals surface area contributed by atoms with Crippen molar-refractivity contribution < 1.29 is 19.1 Å². The summed E-state index contributed by atoms with van der Waals surface area (Å²) in [4.78, 5) is 36.8. The first kappa shape index (κ1) is 22.6. The third-order valence-electron chi connectivity index (χ3n) is 6.26. The fraction of sp³-hybridized carbons (Fsp3) is 0.346. The van der Waals surface area contributed by atoms with Crippen molar-refractivity contribution in [2.45, 2.75) is 38.6 Å². The summed E-state index contributed by atoms with van der Waals surface area (Å²) in [6.07, 6.45) is 6.88. The van der Waals surface area contributed by atoms with Crippen LogP contribution in [-0.4, -0.2) is 30.7 Å². The number of amides is 1. The molecule has 3 aromatic rings. The predicted molar refractivity (Wildman–Crippen MR) is 127 cm³/mol. The van der Waals surface area contributed by atoms with Crippen LogP contribution in [-0.2, 0) is 16.1 Å². The monoisotopic (exact) mass is 448 g/mol. The Morgan fingerprint density at radius 1 is 1.06 bits per heavy atom. The molecule has 1 aromatic heterocycles. The molecular formula is C26H28N2O5. The van der Waals surface area contributed by atoms with E-state index in [1.165, 1.54) is 26.0 Å². The highest BCUT2D eigenvalue weighted by Crippen LogP contribution is 2.28. The lowest BCUT2D eigenvalue weighted by atomic mass is 10.0. The number of rotatable bonds is 7. The summed E-state index contributed by atoms with van der Waals surface area (Å²) in [5, 5.41) is 3.56. The zero-order valence-electron chi connectivity index (χ0n) is 18.9. The molecule has 0 unspecified atom stereocenters. The Morgan fingerprint density at radius 3 is 2.58 bits per heavy atom. The van der Waals surface area contributed by atoms with Crippen molar-refractivity contribution in [2.75, 3.05) is 19.5 Å². The Labute approximate surface area is 192 Å². The second kappa shape index (κ2) is 9.90. The molecule has 33 heavy (non-hydrogen) atoms. The van der Waals surface area contributed by atoms with E-state index in [-0.39, 0.29) is 11.3 Å². The second-order valence-electron chi connectivity index (χ2n) is 8.46. The van der Waals surface area contributed by atoms with Crippen LogP contribution in [0.3, 0.4) is 0 Å². The maximum atomic E-state index is 12.5. The molecule has 0 spiro atoms. The van der Waals surface area contributed by atoms with Gasteiger partial charge in [-0.1, -0.05) is 18.9 Å². The molecule has 1 saturated carbocycles. The van der Waals surface area contributed by atoms with Gasteiger partial charge in [0.15, 0.2) is 5.43 Å². The van der Waals surface area contributed by atoms with Gasteiger partial charge in [0.25, 0.3) is 0 Å². The number of fused-ring (bicyclic) bond motifs is 1. The fourth-order valence-electron chi connectivity index (χ4n) is 4.51. The lowest BCUT2D eigenvalue weighted by Gasteiger charge is -2.15. The molecule has 7 nitrogen and oxygen atoms in total. The Bertz CT molecular complexity index is 1240. The number of nitrogens with zero attached hydrogens (tertiary/aromatic N) is 1. The molecule has 0 radical (unpaired) electrons. The van der Waals surface area contributed by atoms with E-state index in [1.807, 2.05) is 16.7 Å². The third-order valence-corrected chi connectivity index (χ3v) is 6.26. The van der Waals surface area contributed by atoms with Crippen LogP contribution in [0.2, 0.25) is 0 Å². The molecule has 1 fully saturated rings. The zero-order chi connectivity index (χ0) is 23.4. The first-order valence-electron chi connectivity index (χ1n) is 11.2. The van der Waals surface area contributed by atoms with Gasteiger partial charge in [0.05, 0.1) is 31.8 Å². The van der Waals surface area contributed by atoms with Gasteiger partial charge >= 0.3 is 5.97 Å². The highest BCUT2D eigenvalue weighted by atomic mass is 16.5. The van der Waals surface area contributed by atoms with Gasteiger partial charge in [-0.2, -0.15) is 0 Å². The molecule has 0 saturated heterocycles. The van der Waals surface area contributed by atoms with Gasteiger partial charge in [-0.3, -0.25) is 9.59 Å². The van der Waals surface area contributed by atoms with Crippen LogP contribution >= 0.6 is 0 Å². The smallest absolute Gasteiger partial charge is 0.337 e. The summed E-state index contributed by atoms with van der Waals surface area (Å²) in [6, 6.07) is 12.0. The van der Waals surface area contributed by atoms with Crippen molar-refractivity contribution in [3.05, 3.63) is 70.0 Å². The second-order valence-corrected chi connectivity index (χ2v) is 8.46. The lowest BCUT2D eigenvalue weighted by Crippen LogP contribution is -2.16. The first-order valence-corrected chi connectivity index (χ1v) is 11.2. The molecule has 172 valence electrons. The summed E-state index contributed by atoms with van der Waals surface area (Å²) in [5.41, 5.74) is 2.53. The molecule has 1 N–H and O–H groups in total. The number of ether oxygens (including phenoxy) is 2. The largest absolute Gasteiger partial charge is 0.496 e. The van der Waals surface area contributed by atoms with E-state index in [0.717, 1.165) is 18.4 Å². The number of benzene rings is 2. The van der Waals surface area contributed by atoms with Crippen molar-refractivity contribution in [1.29, 1.82) is 0 Å². The van der Waals surface area contributed by atoms with E-state index >= 15 is 0 Å². The molecule has 0 bridgehead atoms. The highest BCUT2D eigenvalue weighted by molar-refractivity contribution is 5.93. The van der Waals surface area contributed by atoms with Gasteiger partial charge in [-0.25, -0.2) is 4.79 Å². The molecule has 0 atom stereocenters. The quantitative estimate of drug-likeness (QED) is 0.543. The lowest BCUT2D eigenvalue weighted by molar-refractivity contribution is -0.117. The van der Waals surface area contributed by atoms with Crippen molar-refractivity contribution in [2.24, 2.45) is 5.92 Å². The normalized spacial score (nSPS) is 13.8.